The zero-order valence-corrected chi connectivity index (χ0v) is 14.1. The Morgan fingerprint density at radius 2 is 2.17 bits per heavy atom. The molecule has 2 aromatic rings. The van der Waals surface area contributed by atoms with E-state index in [4.69, 9.17) is 16.7 Å². The molecule has 0 saturated carbocycles. The van der Waals surface area contributed by atoms with Gasteiger partial charge in [0, 0.05) is 24.4 Å². The molecular formula is C13H15ClN4O4S. The molecule has 2 aromatic heterocycles. The second-order valence-electron chi connectivity index (χ2n) is 4.78. The van der Waals surface area contributed by atoms with E-state index in [2.05, 4.69) is 9.97 Å². The zero-order valence-electron chi connectivity index (χ0n) is 12.5. The molecule has 8 nitrogen and oxygen atoms in total. The molecule has 2 N–H and O–H groups in total. The Balaban J connectivity index is 2.57. The van der Waals surface area contributed by atoms with E-state index < -0.39 is 17.2 Å². The molecule has 124 valence electrons. The number of fused-ring (bicyclic) bond motifs is 1. The Kier molecular flexibility index (Phi) is 5.32. The Bertz CT molecular complexity index is 892. The first-order chi connectivity index (χ1) is 10.8. The van der Waals surface area contributed by atoms with Crippen LogP contribution < -0.4 is 11.2 Å². The molecule has 0 fully saturated rings. The summed E-state index contributed by atoms with van der Waals surface area (Å²) >= 11 is 7.05. The number of carbonyl (C=O) groups is 1. The van der Waals surface area contributed by atoms with Crippen LogP contribution in [-0.2, 0) is 18.4 Å². The van der Waals surface area contributed by atoms with Gasteiger partial charge >= 0.3 is 11.7 Å². The van der Waals surface area contributed by atoms with Crippen molar-refractivity contribution in [2.75, 3.05) is 5.75 Å². The minimum absolute atomic E-state index is 0.0342. The van der Waals surface area contributed by atoms with Gasteiger partial charge in [0.25, 0.3) is 5.56 Å². The van der Waals surface area contributed by atoms with Crippen LogP contribution in [0.4, 0.5) is 0 Å². The number of halogens is 1. The zero-order chi connectivity index (χ0) is 17.1. The maximum Gasteiger partial charge on any atom is 0.329 e. The van der Waals surface area contributed by atoms with Crippen LogP contribution in [0.2, 0.25) is 0 Å². The van der Waals surface area contributed by atoms with Gasteiger partial charge in [-0.3, -0.25) is 19.1 Å². The lowest BCUT2D eigenvalue weighted by Gasteiger charge is -2.05. The number of hydrogen-bond donors (Lipinski definition) is 2. The van der Waals surface area contributed by atoms with Crippen molar-refractivity contribution in [2.24, 2.45) is 7.05 Å². The first kappa shape index (κ1) is 17.4. The maximum absolute atomic E-state index is 12.1. The number of aliphatic carboxylic acids is 1. The number of carboxylic acids is 1. The minimum atomic E-state index is -0.915. The highest BCUT2D eigenvalue weighted by atomic mass is 35.5. The maximum atomic E-state index is 12.1. The number of nitrogens with one attached hydrogen (secondary N) is 1. The van der Waals surface area contributed by atoms with Gasteiger partial charge in [0.15, 0.2) is 16.3 Å². The highest BCUT2D eigenvalue weighted by Crippen LogP contribution is 2.22. The topological polar surface area (TPSA) is 110 Å². The third-order valence-corrected chi connectivity index (χ3v) is 4.21. The molecule has 0 amide bonds. The SMILES string of the molecule is C/C(Cl)=C/Cn1c(SCCC(=O)O)nc2c1c(=O)[nH]c(=O)n2C. The first-order valence-corrected chi connectivity index (χ1v) is 8.04. The van der Waals surface area contributed by atoms with Crippen LogP contribution in [0.15, 0.2) is 25.9 Å². The largest absolute Gasteiger partial charge is 0.481 e. The number of allylic oxidation sites excluding steroid dienone is 2. The number of hydrogen-bond acceptors (Lipinski definition) is 5. The Labute approximate surface area is 139 Å². The average Bonchev–Trinajstić information content (AvgIpc) is 2.81. The van der Waals surface area contributed by atoms with Gasteiger partial charge in [-0.15, -0.1) is 0 Å². The molecule has 2 rings (SSSR count). The minimum Gasteiger partial charge on any atom is -0.481 e. The number of aryl methyl sites for hydroxylation is 1. The number of carboxylic acid groups (broad SMARTS) is 1. The van der Waals surface area contributed by atoms with Crippen molar-refractivity contribution in [1.82, 2.24) is 19.1 Å². The fraction of sp³-hybridized carbons (Fsp3) is 0.385. The van der Waals surface area contributed by atoms with E-state index in [0.717, 1.165) is 0 Å². The average molecular weight is 359 g/mol. The summed E-state index contributed by atoms with van der Waals surface area (Å²) in [5.41, 5.74) is -0.601. The second-order valence-corrected chi connectivity index (χ2v) is 6.44. The second kappa shape index (κ2) is 7.05. The van der Waals surface area contributed by atoms with E-state index in [-0.39, 0.29) is 17.6 Å². The summed E-state index contributed by atoms with van der Waals surface area (Å²) in [5, 5.41) is 9.74. The number of aromatic nitrogens is 4. The highest BCUT2D eigenvalue weighted by Gasteiger charge is 2.17. The summed E-state index contributed by atoms with van der Waals surface area (Å²) < 4.78 is 2.86. The number of H-pyrrole nitrogens is 1. The smallest absolute Gasteiger partial charge is 0.329 e. The third-order valence-electron chi connectivity index (χ3n) is 3.07. The monoisotopic (exact) mass is 358 g/mol. The van der Waals surface area contributed by atoms with Gasteiger partial charge in [0.2, 0.25) is 0 Å². The molecule has 23 heavy (non-hydrogen) atoms. The molecule has 10 heteroatoms. The van der Waals surface area contributed by atoms with Crippen molar-refractivity contribution in [2.45, 2.75) is 25.0 Å². The van der Waals surface area contributed by atoms with Gasteiger partial charge in [-0.2, -0.15) is 0 Å². The van der Waals surface area contributed by atoms with Gasteiger partial charge in [-0.25, -0.2) is 9.78 Å². The molecule has 0 radical (unpaired) electrons. The Hall–Kier alpha value is -2.00. The molecule has 0 aliphatic heterocycles. The van der Waals surface area contributed by atoms with E-state index in [0.29, 0.717) is 22.5 Å². The predicted octanol–water partition coefficient (Wildman–Crippen LogP) is 1.13. The molecule has 0 atom stereocenters. The van der Waals surface area contributed by atoms with Crippen molar-refractivity contribution in [3.63, 3.8) is 0 Å². The summed E-state index contributed by atoms with van der Waals surface area (Å²) in [6.07, 6.45) is 1.67. The quantitative estimate of drug-likeness (QED) is 0.749. The molecule has 0 aromatic carbocycles. The van der Waals surface area contributed by atoms with E-state index in [9.17, 15) is 14.4 Å². The van der Waals surface area contributed by atoms with Crippen LogP contribution in [-0.4, -0.2) is 35.9 Å². The van der Waals surface area contributed by atoms with Gasteiger partial charge in [-0.05, 0) is 6.92 Å². The number of nitrogens with zero attached hydrogens (tertiary/aromatic N) is 3. The molecule has 2 heterocycles. The summed E-state index contributed by atoms with van der Waals surface area (Å²) in [4.78, 5) is 41.0. The fourth-order valence-electron chi connectivity index (χ4n) is 1.94. The highest BCUT2D eigenvalue weighted by molar-refractivity contribution is 7.99. The van der Waals surface area contributed by atoms with Crippen LogP contribution in [0, 0.1) is 0 Å². The molecule has 0 saturated heterocycles. The van der Waals surface area contributed by atoms with Crippen LogP contribution in [0.5, 0.6) is 0 Å². The van der Waals surface area contributed by atoms with Crippen LogP contribution in [0.25, 0.3) is 11.2 Å². The summed E-state index contributed by atoms with van der Waals surface area (Å²) in [7, 11) is 1.51. The van der Waals surface area contributed by atoms with E-state index in [1.54, 1.807) is 17.6 Å². The molecule has 0 aliphatic rings. The Morgan fingerprint density at radius 1 is 1.48 bits per heavy atom. The predicted molar refractivity (Wildman–Crippen MR) is 88.2 cm³/mol. The van der Waals surface area contributed by atoms with E-state index >= 15 is 0 Å². The molecule has 0 unspecified atom stereocenters. The lowest BCUT2D eigenvalue weighted by atomic mass is 10.4. The lowest BCUT2D eigenvalue weighted by Crippen LogP contribution is -2.29. The van der Waals surface area contributed by atoms with Gasteiger partial charge < -0.3 is 9.67 Å². The van der Waals surface area contributed by atoms with Crippen molar-refractivity contribution < 1.29 is 9.90 Å². The molecule has 0 spiro atoms. The number of aromatic amines is 1. The van der Waals surface area contributed by atoms with Crippen LogP contribution >= 0.6 is 23.4 Å². The Morgan fingerprint density at radius 3 is 2.78 bits per heavy atom. The number of rotatable bonds is 6. The molecule has 0 aliphatic carbocycles. The number of imidazole rings is 1. The van der Waals surface area contributed by atoms with Crippen molar-refractivity contribution in [1.29, 1.82) is 0 Å². The van der Waals surface area contributed by atoms with Gasteiger partial charge in [0.05, 0.1) is 6.42 Å². The normalized spacial score (nSPS) is 12.0. The summed E-state index contributed by atoms with van der Waals surface area (Å²) in [5.74, 6) is -0.615. The van der Waals surface area contributed by atoms with E-state index in [1.807, 2.05) is 0 Å². The number of thioether (sulfide) groups is 1. The van der Waals surface area contributed by atoms with Crippen molar-refractivity contribution >= 4 is 40.5 Å². The van der Waals surface area contributed by atoms with Crippen molar-refractivity contribution in [3.8, 4) is 0 Å². The van der Waals surface area contributed by atoms with Crippen LogP contribution in [0.1, 0.15) is 13.3 Å². The van der Waals surface area contributed by atoms with Gasteiger partial charge in [0.1, 0.15) is 0 Å². The summed E-state index contributed by atoms with van der Waals surface area (Å²) in [6.45, 7) is 2.00. The van der Waals surface area contributed by atoms with Crippen LogP contribution in [0.3, 0.4) is 0 Å². The summed E-state index contributed by atoms with van der Waals surface area (Å²) in [6, 6.07) is 0. The third kappa shape index (κ3) is 3.85. The van der Waals surface area contributed by atoms with E-state index in [1.165, 1.54) is 23.4 Å². The first-order valence-electron chi connectivity index (χ1n) is 6.67. The molecular weight excluding hydrogens is 344 g/mol. The molecule has 0 bridgehead atoms. The lowest BCUT2D eigenvalue weighted by molar-refractivity contribution is -0.136. The van der Waals surface area contributed by atoms with Crippen molar-refractivity contribution in [3.05, 3.63) is 31.9 Å². The fourth-order valence-corrected chi connectivity index (χ4v) is 2.94. The van der Waals surface area contributed by atoms with Gasteiger partial charge in [-0.1, -0.05) is 29.4 Å². The standard InChI is InChI=1S/C13H15ClN4O4S/c1-7(14)3-5-18-9-10(17(2)12(22)16-11(9)21)15-13(18)23-6-4-8(19)20/h3H,4-6H2,1-2H3,(H,19,20)(H,16,21,22)/b7-3-.